The first-order chi connectivity index (χ1) is 12.2. The topological polar surface area (TPSA) is 71.7 Å². The molecule has 0 N–H and O–H groups in total. The summed E-state index contributed by atoms with van der Waals surface area (Å²) in [4.78, 5) is 20.8. The summed E-state index contributed by atoms with van der Waals surface area (Å²) in [5.74, 6) is 1.17. The molecule has 7 nitrogen and oxygen atoms in total. The standard InChI is InChI=1S/C18H22N4O3/c1-13(17-19-16(20-25-17)14-5-3-2-4-6-14)21-8-10-22(11-9-21)15-7-12-24-18(15)23/h2-6,13,15H,7-12H2,1H3. The van der Waals surface area contributed by atoms with Crippen molar-refractivity contribution in [2.24, 2.45) is 0 Å². The van der Waals surface area contributed by atoms with E-state index in [1.807, 2.05) is 30.3 Å². The molecule has 2 atom stereocenters. The lowest BCUT2D eigenvalue weighted by Crippen LogP contribution is -2.52. The van der Waals surface area contributed by atoms with Crippen LogP contribution >= 0.6 is 0 Å². The molecule has 1 aromatic carbocycles. The highest BCUT2D eigenvalue weighted by atomic mass is 16.5. The van der Waals surface area contributed by atoms with Gasteiger partial charge in [-0.05, 0) is 6.92 Å². The van der Waals surface area contributed by atoms with Gasteiger partial charge < -0.3 is 9.26 Å². The molecule has 2 saturated heterocycles. The van der Waals surface area contributed by atoms with Gasteiger partial charge in [-0.25, -0.2) is 0 Å². The second kappa shape index (κ2) is 6.93. The minimum absolute atomic E-state index is 0.0580. The highest BCUT2D eigenvalue weighted by Crippen LogP contribution is 2.24. The number of nitrogens with zero attached hydrogens (tertiary/aromatic N) is 4. The fraction of sp³-hybridized carbons (Fsp3) is 0.500. The van der Waals surface area contributed by atoms with Gasteiger partial charge in [-0.15, -0.1) is 0 Å². The van der Waals surface area contributed by atoms with Gasteiger partial charge in [-0.1, -0.05) is 35.5 Å². The maximum Gasteiger partial charge on any atom is 0.323 e. The van der Waals surface area contributed by atoms with E-state index in [0.717, 1.165) is 38.2 Å². The van der Waals surface area contributed by atoms with Gasteiger partial charge in [-0.3, -0.25) is 14.6 Å². The molecule has 25 heavy (non-hydrogen) atoms. The number of hydrogen-bond acceptors (Lipinski definition) is 7. The molecule has 1 aromatic heterocycles. The van der Waals surface area contributed by atoms with E-state index < -0.39 is 0 Å². The maximum absolute atomic E-state index is 11.7. The van der Waals surface area contributed by atoms with Crippen LogP contribution in [0, 0.1) is 0 Å². The summed E-state index contributed by atoms with van der Waals surface area (Å²) in [6, 6.07) is 9.82. The van der Waals surface area contributed by atoms with Gasteiger partial charge in [0.25, 0.3) is 0 Å². The molecule has 2 fully saturated rings. The first kappa shape index (κ1) is 16.2. The minimum atomic E-state index is -0.0779. The summed E-state index contributed by atoms with van der Waals surface area (Å²) in [6.07, 6.45) is 0.804. The quantitative estimate of drug-likeness (QED) is 0.784. The molecule has 0 aliphatic carbocycles. The Labute approximate surface area is 146 Å². The van der Waals surface area contributed by atoms with Crippen LogP contribution in [0.4, 0.5) is 0 Å². The average molecular weight is 342 g/mol. The highest BCUT2D eigenvalue weighted by Gasteiger charge is 2.35. The Morgan fingerprint density at radius 3 is 2.60 bits per heavy atom. The number of benzene rings is 1. The summed E-state index contributed by atoms with van der Waals surface area (Å²) in [5.41, 5.74) is 0.953. The number of cyclic esters (lactones) is 1. The molecular formula is C18H22N4O3. The van der Waals surface area contributed by atoms with Crippen LogP contribution in [0.1, 0.15) is 25.3 Å². The summed E-state index contributed by atoms with van der Waals surface area (Å²) in [5, 5.41) is 4.11. The van der Waals surface area contributed by atoms with E-state index in [4.69, 9.17) is 9.26 Å². The Balaban J connectivity index is 1.38. The molecule has 0 bridgehead atoms. The van der Waals surface area contributed by atoms with Crippen LogP contribution in [0.15, 0.2) is 34.9 Å². The Morgan fingerprint density at radius 2 is 1.92 bits per heavy atom. The molecule has 2 aliphatic rings. The van der Waals surface area contributed by atoms with Gasteiger partial charge in [-0.2, -0.15) is 4.98 Å². The smallest absolute Gasteiger partial charge is 0.323 e. The lowest BCUT2D eigenvalue weighted by atomic mass is 10.1. The summed E-state index contributed by atoms with van der Waals surface area (Å²) in [7, 11) is 0. The van der Waals surface area contributed by atoms with Gasteiger partial charge in [0.2, 0.25) is 11.7 Å². The van der Waals surface area contributed by atoms with Crippen LogP contribution in [-0.2, 0) is 9.53 Å². The van der Waals surface area contributed by atoms with E-state index in [0.29, 0.717) is 18.3 Å². The van der Waals surface area contributed by atoms with E-state index in [1.165, 1.54) is 0 Å². The molecule has 132 valence electrons. The molecule has 2 aromatic rings. The van der Waals surface area contributed by atoms with Crippen molar-refractivity contribution in [3.8, 4) is 11.4 Å². The van der Waals surface area contributed by atoms with E-state index >= 15 is 0 Å². The van der Waals surface area contributed by atoms with Gasteiger partial charge in [0.15, 0.2) is 0 Å². The highest BCUT2D eigenvalue weighted by molar-refractivity contribution is 5.77. The molecule has 0 amide bonds. The van der Waals surface area contributed by atoms with Crippen LogP contribution in [0.3, 0.4) is 0 Å². The Bertz CT molecular complexity index is 725. The first-order valence-corrected chi connectivity index (χ1v) is 8.76. The number of carbonyl (C=O) groups is 1. The first-order valence-electron chi connectivity index (χ1n) is 8.76. The number of rotatable bonds is 4. The summed E-state index contributed by atoms with van der Waals surface area (Å²) < 4.78 is 10.6. The van der Waals surface area contributed by atoms with Crippen molar-refractivity contribution in [1.29, 1.82) is 0 Å². The zero-order valence-corrected chi connectivity index (χ0v) is 14.3. The molecule has 2 aliphatic heterocycles. The SMILES string of the molecule is CC(c1nc(-c2ccccc2)no1)N1CCN(C2CCOC2=O)CC1. The molecule has 7 heteroatoms. The van der Waals surface area contributed by atoms with Crippen molar-refractivity contribution in [3.63, 3.8) is 0 Å². The molecule has 2 unspecified atom stereocenters. The van der Waals surface area contributed by atoms with Gasteiger partial charge in [0, 0.05) is 38.2 Å². The van der Waals surface area contributed by atoms with Crippen LogP contribution in [0.2, 0.25) is 0 Å². The second-order valence-electron chi connectivity index (χ2n) is 6.54. The largest absolute Gasteiger partial charge is 0.464 e. The Morgan fingerprint density at radius 1 is 1.16 bits per heavy atom. The summed E-state index contributed by atoms with van der Waals surface area (Å²) >= 11 is 0. The number of carbonyl (C=O) groups excluding carboxylic acids is 1. The third-order valence-corrected chi connectivity index (χ3v) is 5.08. The fourth-order valence-corrected chi connectivity index (χ4v) is 3.52. The number of piperazine rings is 1. The molecule has 4 rings (SSSR count). The molecule has 3 heterocycles. The van der Waals surface area contributed by atoms with Crippen LogP contribution < -0.4 is 0 Å². The van der Waals surface area contributed by atoms with Gasteiger partial charge in [0.05, 0.1) is 12.6 Å². The number of esters is 1. The normalized spacial score (nSPS) is 23.6. The lowest BCUT2D eigenvalue weighted by Gasteiger charge is -2.38. The molecule has 0 radical (unpaired) electrons. The van der Waals surface area contributed by atoms with Crippen molar-refractivity contribution < 1.29 is 14.1 Å². The monoisotopic (exact) mass is 342 g/mol. The predicted octanol–water partition coefficient (Wildman–Crippen LogP) is 1.73. The van der Waals surface area contributed by atoms with Crippen molar-refractivity contribution in [1.82, 2.24) is 19.9 Å². The third kappa shape index (κ3) is 3.29. The number of ether oxygens (including phenoxy) is 1. The maximum atomic E-state index is 11.7. The van der Waals surface area contributed by atoms with Crippen LogP contribution in [-0.4, -0.2) is 64.7 Å². The molecule has 0 saturated carbocycles. The Hall–Kier alpha value is -2.25. The third-order valence-electron chi connectivity index (χ3n) is 5.08. The molecular weight excluding hydrogens is 320 g/mol. The minimum Gasteiger partial charge on any atom is -0.464 e. The Kier molecular flexibility index (Phi) is 4.50. The van der Waals surface area contributed by atoms with Crippen molar-refractivity contribution in [2.45, 2.75) is 25.4 Å². The second-order valence-corrected chi connectivity index (χ2v) is 6.54. The van der Waals surface area contributed by atoms with Crippen molar-refractivity contribution in [2.75, 3.05) is 32.8 Å². The van der Waals surface area contributed by atoms with E-state index in [9.17, 15) is 4.79 Å². The lowest BCUT2D eigenvalue weighted by molar-refractivity contribution is -0.143. The fourth-order valence-electron chi connectivity index (χ4n) is 3.52. The van der Waals surface area contributed by atoms with E-state index in [2.05, 4.69) is 26.9 Å². The van der Waals surface area contributed by atoms with Crippen molar-refractivity contribution >= 4 is 5.97 Å². The number of aromatic nitrogens is 2. The summed E-state index contributed by atoms with van der Waals surface area (Å²) in [6.45, 7) is 6.07. The molecule has 0 spiro atoms. The van der Waals surface area contributed by atoms with Gasteiger partial charge in [0.1, 0.15) is 6.04 Å². The average Bonchev–Trinajstić information content (AvgIpc) is 3.31. The van der Waals surface area contributed by atoms with Crippen LogP contribution in [0.5, 0.6) is 0 Å². The van der Waals surface area contributed by atoms with E-state index in [-0.39, 0.29) is 18.1 Å². The zero-order valence-electron chi connectivity index (χ0n) is 14.3. The number of hydrogen-bond donors (Lipinski definition) is 0. The van der Waals surface area contributed by atoms with Crippen molar-refractivity contribution in [3.05, 3.63) is 36.2 Å². The predicted molar refractivity (Wildman–Crippen MR) is 90.7 cm³/mol. The van der Waals surface area contributed by atoms with Gasteiger partial charge >= 0.3 is 5.97 Å². The van der Waals surface area contributed by atoms with Crippen LogP contribution in [0.25, 0.3) is 11.4 Å². The zero-order chi connectivity index (χ0) is 17.2. The van der Waals surface area contributed by atoms with E-state index in [1.54, 1.807) is 0 Å².